The molecule has 1 aromatic carbocycles. The summed E-state index contributed by atoms with van der Waals surface area (Å²) in [6.45, 7) is 0. The second-order valence-corrected chi connectivity index (χ2v) is 2.64. The van der Waals surface area contributed by atoms with Gasteiger partial charge in [-0.1, -0.05) is 24.3 Å². The first kappa shape index (κ1) is 9.14. The van der Waals surface area contributed by atoms with Crippen LogP contribution in [0.1, 0.15) is 5.56 Å². The van der Waals surface area contributed by atoms with E-state index in [-0.39, 0.29) is 0 Å². The van der Waals surface area contributed by atoms with E-state index >= 15 is 0 Å². The summed E-state index contributed by atoms with van der Waals surface area (Å²) >= 11 is 5.50. The number of alkyl halides is 1. The number of benzene rings is 1. The van der Waals surface area contributed by atoms with Crippen molar-refractivity contribution in [2.24, 2.45) is 0 Å². The van der Waals surface area contributed by atoms with Crippen LogP contribution in [-0.2, 0) is 0 Å². The third kappa shape index (κ3) is 2.59. The summed E-state index contributed by atoms with van der Waals surface area (Å²) in [5, 5.41) is 0. The molecule has 0 aliphatic carbocycles. The number of rotatable bonds is 3. The molecule has 0 atom stereocenters. The van der Waals surface area contributed by atoms with Gasteiger partial charge in [0.2, 0.25) is 0 Å². The average molecular weight is 183 g/mol. The maximum Gasteiger partial charge on any atom is 0.118 e. The van der Waals surface area contributed by atoms with Crippen LogP contribution in [0.2, 0.25) is 0 Å². The minimum absolute atomic E-state index is 0.548. The zero-order valence-electron chi connectivity index (χ0n) is 6.96. The largest absolute Gasteiger partial charge is 0.497 e. The number of ether oxygens (including phenoxy) is 1. The zero-order chi connectivity index (χ0) is 8.81. The first-order chi connectivity index (χ1) is 5.86. The molecule has 0 aliphatic heterocycles. The number of allylic oxidation sites excluding steroid dienone is 1. The Balaban J connectivity index is 2.71. The number of hydrogen-bond acceptors (Lipinski definition) is 1. The average Bonchev–Trinajstić information content (AvgIpc) is 2.15. The molecular weight excluding hydrogens is 172 g/mol. The van der Waals surface area contributed by atoms with Gasteiger partial charge < -0.3 is 4.74 Å². The molecule has 2 heteroatoms. The molecule has 12 heavy (non-hydrogen) atoms. The van der Waals surface area contributed by atoms with Crippen LogP contribution in [-0.4, -0.2) is 13.0 Å². The molecule has 0 N–H and O–H groups in total. The van der Waals surface area contributed by atoms with Gasteiger partial charge in [0, 0.05) is 5.88 Å². The lowest BCUT2D eigenvalue weighted by Gasteiger charge is -1.98. The van der Waals surface area contributed by atoms with Gasteiger partial charge >= 0.3 is 0 Å². The third-order valence-corrected chi connectivity index (χ3v) is 1.69. The summed E-state index contributed by atoms with van der Waals surface area (Å²) in [6.07, 6.45) is 3.88. The van der Waals surface area contributed by atoms with Gasteiger partial charge in [0.05, 0.1) is 7.11 Å². The normalized spacial score (nSPS) is 10.5. The molecule has 0 unspecified atom stereocenters. The third-order valence-electron chi connectivity index (χ3n) is 1.52. The Kier molecular flexibility index (Phi) is 3.68. The highest BCUT2D eigenvalue weighted by Crippen LogP contribution is 2.12. The van der Waals surface area contributed by atoms with Crippen molar-refractivity contribution in [2.45, 2.75) is 0 Å². The van der Waals surface area contributed by atoms with E-state index in [4.69, 9.17) is 16.3 Å². The molecule has 1 aromatic rings. The molecule has 0 spiro atoms. The van der Waals surface area contributed by atoms with Crippen molar-refractivity contribution in [1.29, 1.82) is 0 Å². The molecule has 0 saturated carbocycles. The predicted octanol–water partition coefficient (Wildman–Crippen LogP) is 2.95. The molecule has 0 saturated heterocycles. The van der Waals surface area contributed by atoms with E-state index in [1.165, 1.54) is 0 Å². The van der Waals surface area contributed by atoms with Crippen LogP contribution in [0.4, 0.5) is 0 Å². The Hall–Kier alpha value is -0.950. The fraction of sp³-hybridized carbons (Fsp3) is 0.200. The standard InChI is InChI=1S/C10H11ClO/c1-12-10-6-4-9(5-7-10)3-2-8-11/h2-7H,8H2,1H3/b3-2+. The molecule has 0 bridgehead atoms. The summed E-state index contributed by atoms with van der Waals surface area (Å²) in [5.41, 5.74) is 1.14. The highest BCUT2D eigenvalue weighted by Gasteiger charge is 1.88. The highest BCUT2D eigenvalue weighted by molar-refractivity contribution is 6.19. The highest BCUT2D eigenvalue weighted by atomic mass is 35.5. The maximum absolute atomic E-state index is 5.50. The first-order valence-electron chi connectivity index (χ1n) is 3.73. The van der Waals surface area contributed by atoms with Crippen molar-refractivity contribution >= 4 is 17.7 Å². The Morgan fingerprint density at radius 3 is 2.50 bits per heavy atom. The van der Waals surface area contributed by atoms with Crippen molar-refractivity contribution in [1.82, 2.24) is 0 Å². The molecule has 0 radical (unpaired) electrons. The number of methoxy groups -OCH3 is 1. The molecule has 0 aliphatic rings. The van der Waals surface area contributed by atoms with Crippen molar-refractivity contribution in [3.63, 3.8) is 0 Å². The Morgan fingerprint density at radius 1 is 1.33 bits per heavy atom. The van der Waals surface area contributed by atoms with E-state index in [0.717, 1.165) is 11.3 Å². The van der Waals surface area contributed by atoms with Gasteiger partial charge in [-0.2, -0.15) is 0 Å². The molecule has 0 amide bonds. The van der Waals surface area contributed by atoms with Crippen molar-refractivity contribution in [2.75, 3.05) is 13.0 Å². The van der Waals surface area contributed by atoms with Gasteiger partial charge in [0.25, 0.3) is 0 Å². The van der Waals surface area contributed by atoms with Crippen LogP contribution in [0.5, 0.6) is 5.75 Å². The van der Waals surface area contributed by atoms with Crippen LogP contribution in [0.25, 0.3) is 6.08 Å². The van der Waals surface area contributed by atoms with Crippen molar-refractivity contribution < 1.29 is 4.74 Å². The summed E-state index contributed by atoms with van der Waals surface area (Å²) < 4.78 is 5.02. The lowest BCUT2D eigenvalue weighted by atomic mass is 10.2. The van der Waals surface area contributed by atoms with Gasteiger partial charge in [0.1, 0.15) is 5.75 Å². The van der Waals surface area contributed by atoms with Crippen LogP contribution in [0.15, 0.2) is 30.3 Å². The Morgan fingerprint density at radius 2 is 2.00 bits per heavy atom. The lowest BCUT2D eigenvalue weighted by Crippen LogP contribution is -1.81. The van der Waals surface area contributed by atoms with Crippen LogP contribution < -0.4 is 4.74 Å². The molecular formula is C10H11ClO. The first-order valence-corrected chi connectivity index (χ1v) is 4.27. The molecule has 1 rings (SSSR count). The zero-order valence-corrected chi connectivity index (χ0v) is 7.71. The smallest absolute Gasteiger partial charge is 0.118 e. The van der Waals surface area contributed by atoms with E-state index in [2.05, 4.69) is 0 Å². The van der Waals surface area contributed by atoms with E-state index in [9.17, 15) is 0 Å². The quantitative estimate of drug-likeness (QED) is 0.654. The summed E-state index contributed by atoms with van der Waals surface area (Å²) in [5.74, 6) is 1.42. The maximum atomic E-state index is 5.50. The SMILES string of the molecule is COc1ccc(/C=C/CCl)cc1. The van der Waals surface area contributed by atoms with E-state index in [0.29, 0.717) is 5.88 Å². The topological polar surface area (TPSA) is 9.23 Å². The van der Waals surface area contributed by atoms with Gasteiger partial charge in [0.15, 0.2) is 0 Å². The van der Waals surface area contributed by atoms with E-state index < -0.39 is 0 Å². The van der Waals surface area contributed by atoms with Gasteiger partial charge in [-0.3, -0.25) is 0 Å². The van der Waals surface area contributed by atoms with Crippen LogP contribution in [0, 0.1) is 0 Å². The van der Waals surface area contributed by atoms with Crippen LogP contribution in [0.3, 0.4) is 0 Å². The molecule has 0 aromatic heterocycles. The second kappa shape index (κ2) is 4.83. The summed E-state index contributed by atoms with van der Waals surface area (Å²) in [4.78, 5) is 0. The Labute approximate surface area is 77.6 Å². The molecule has 0 heterocycles. The molecule has 1 nitrogen and oxygen atoms in total. The summed E-state index contributed by atoms with van der Waals surface area (Å²) in [6, 6.07) is 7.82. The molecule has 64 valence electrons. The Bertz CT molecular complexity index is 251. The van der Waals surface area contributed by atoms with E-state index in [1.807, 2.05) is 36.4 Å². The predicted molar refractivity (Wildman–Crippen MR) is 52.7 cm³/mol. The summed E-state index contributed by atoms with van der Waals surface area (Å²) in [7, 11) is 1.66. The number of halogens is 1. The lowest BCUT2D eigenvalue weighted by molar-refractivity contribution is 0.415. The minimum Gasteiger partial charge on any atom is -0.497 e. The molecule has 0 fully saturated rings. The minimum atomic E-state index is 0.548. The van der Waals surface area contributed by atoms with Gasteiger partial charge in [-0.05, 0) is 17.7 Å². The monoisotopic (exact) mass is 182 g/mol. The van der Waals surface area contributed by atoms with Crippen molar-refractivity contribution in [3.8, 4) is 5.75 Å². The fourth-order valence-corrected chi connectivity index (χ4v) is 0.985. The van der Waals surface area contributed by atoms with Gasteiger partial charge in [-0.25, -0.2) is 0 Å². The van der Waals surface area contributed by atoms with Gasteiger partial charge in [-0.15, -0.1) is 11.6 Å². The fourth-order valence-electron chi connectivity index (χ4n) is 0.896. The second-order valence-electron chi connectivity index (χ2n) is 2.33. The van der Waals surface area contributed by atoms with Crippen molar-refractivity contribution in [3.05, 3.63) is 35.9 Å². The number of hydrogen-bond donors (Lipinski definition) is 0. The van der Waals surface area contributed by atoms with E-state index in [1.54, 1.807) is 7.11 Å². The van der Waals surface area contributed by atoms with Crippen LogP contribution >= 0.6 is 11.6 Å².